The van der Waals surface area contributed by atoms with E-state index in [0.717, 1.165) is 35.1 Å². The molecule has 2 aliphatic carbocycles. The van der Waals surface area contributed by atoms with Gasteiger partial charge in [0.15, 0.2) is 0 Å². The summed E-state index contributed by atoms with van der Waals surface area (Å²) in [6.45, 7) is 2.60. The third-order valence-electron chi connectivity index (χ3n) is 6.48. The lowest BCUT2D eigenvalue weighted by molar-refractivity contribution is -0.145. The van der Waals surface area contributed by atoms with E-state index in [9.17, 15) is 14.4 Å². The zero-order valence-corrected chi connectivity index (χ0v) is 19.9. The summed E-state index contributed by atoms with van der Waals surface area (Å²) in [5.74, 6) is -0.983. The van der Waals surface area contributed by atoms with Crippen molar-refractivity contribution in [1.82, 2.24) is 10.2 Å². The van der Waals surface area contributed by atoms with Crippen LogP contribution in [-0.4, -0.2) is 66.9 Å². The second-order valence-electron chi connectivity index (χ2n) is 9.10. The molecule has 2 aromatic carbocycles. The van der Waals surface area contributed by atoms with Gasteiger partial charge in [-0.3, -0.25) is 9.59 Å². The number of carbonyl (C=O) groups is 3. The fourth-order valence-corrected chi connectivity index (χ4v) is 4.63. The number of alkyl carbamates (subject to hydrolysis) is 1. The maximum Gasteiger partial charge on any atom is 0.407 e. The van der Waals surface area contributed by atoms with Crippen molar-refractivity contribution in [3.05, 3.63) is 59.7 Å². The number of hydrogen-bond donors (Lipinski definition) is 2. The lowest BCUT2D eigenvalue weighted by Crippen LogP contribution is -2.42. The van der Waals surface area contributed by atoms with Gasteiger partial charge in [0.25, 0.3) is 0 Å². The Bertz CT molecular complexity index is 1020. The second kappa shape index (κ2) is 11.4. The molecule has 1 unspecified atom stereocenters. The molecule has 186 valence electrons. The molecule has 35 heavy (non-hydrogen) atoms. The number of carbonyl (C=O) groups excluding carboxylic acids is 2. The van der Waals surface area contributed by atoms with E-state index in [-0.39, 0.29) is 37.9 Å². The minimum atomic E-state index is -1.04. The standard InChI is InChI=1S/C27H32N2O6/c1-2-34-19(13-25(30)29(16-26(31)32)15-18-11-12-18)14-28-27(33)35-17-24-22-9-5-3-7-20(22)21-8-4-6-10-23(21)24/h3-10,18-19,24H,2,11-17H2,1H3,(H,28,33)(H,31,32). The van der Waals surface area contributed by atoms with Crippen LogP contribution in [0.3, 0.4) is 0 Å². The number of rotatable bonds is 12. The topological polar surface area (TPSA) is 105 Å². The summed E-state index contributed by atoms with van der Waals surface area (Å²) in [4.78, 5) is 37.8. The van der Waals surface area contributed by atoms with Gasteiger partial charge in [0.1, 0.15) is 13.2 Å². The number of nitrogens with one attached hydrogen (secondary N) is 1. The zero-order valence-electron chi connectivity index (χ0n) is 19.9. The van der Waals surface area contributed by atoms with Crippen LogP contribution >= 0.6 is 0 Å². The highest BCUT2D eigenvalue weighted by Crippen LogP contribution is 2.44. The maximum absolute atomic E-state index is 12.7. The van der Waals surface area contributed by atoms with E-state index < -0.39 is 18.2 Å². The predicted molar refractivity (Wildman–Crippen MR) is 130 cm³/mol. The summed E-state index contributed by atoms with van der Waals surface area (Å²) in [5, 5.41) is 11.9. The molecule has 4 rings (SSSR count). The molecule has 1 fully saturated rings. The van der Waals surface area contributed by atoms with E-state index in [1.54, 1.807) is 0 Å². The highest BCUT2D eigenvalue weighted by Gasteiger charge is 2.30. The van der Waals surface area contributed by atoms with E-state index in [4.69, 9.17) is 14.6 Å². The highest BCUT2D eigenvalue weighted by molar-refractivity contribution is 5.82. The van der Waals surface area contributed by atoms with Crippen molar-refractivity contribution >= 4 is 18.0 Å². The van der Waals surface area contributed by atoms with Crippen molar-refractivity contribution in [1.29, 1.82) is 0 Å². The first kappa shape index (κ1) is 24.7. The summed E-state index contributed by atoms with van der Waals surface area (Å²) in [6.07, 6.45) is 0.883. The van der Waals surface area contributed by atoms with Gasteiger partial charge in [-0.1, -0.05) is 48.5 Å². The molecule has 2 aromatic rings. The third kappa shape index (κ3) is 6.39. The van der Waals surface area contributed by atoms with Gasteiger partial charge in [-0.05, 0) is 47.9 Å². The summed E-state index contributed by atoms with van der Waals surface area (Å²) in [5.41, 5.74) is 4.58. The lowest BCUT2D eigenvalue weighted by atomic mass is 9.98. The Morgan fingerprint density at radius 1 is 1.06 bits per heavy atom. The molecular formula is C27H32N2O6. The van der Waals surface area contributed by atoms with Crippen molar-refractivity contribution in [3.8, 4) is 11.1 Å². The third-order valence-corrected chi connectivity index (χ3v) is 6.48. The highest BCUT2D eigenvalue weighted by atomic mass is 16.5. The van der Waals surface area contributed by atoms with E-state index >= 15 is 0 Å². The van der Waals surface area contributed by atoms with Crippen molar-refractivity contribution in [3.63, 3.8) is 0 Å². The van der Waals surface area contributed by atoms with Crippen LogP contribution < -0.4 is 5.32 Å². The number of nitrogens with zero attached hydrogens (tertiary/aromatic N) is 1. The summed E-state index contributed by atoms with van der Waals surface area (Å²) < 4.78 is 11.2. The molecule has 0 aromatic heterocycles. The van der Waals surface area contributed by atoms with Crippen molar-refractivity contribution in [2.45, 2.75) is 38.2 Å². The monoisotopic (exact) mass is 480 g/mol. The van der Waals surface area contributed by atoms with Crippen LogP contribution in [0.5, 0.6) is 0 Å². The number of hydrogen-bond acceptors (Lipinski definition) is 5. The van der Waals surface area contributed by atoms with Crippen LogP contribution in [0, 0.1) is 5.92 Å². The summed E-state index contributed by atoms with van der Waals surface area (Å²) >= 11 is 0. The summed E-state index contributed by atoms with van der Waals surface area (Å²) in [6, 6.07) is 16.2. The predicted octanol–water partition coefficient (Wildman–Crippen LogP) is 3.64. The average molecular weight is 481 g/mol. The molecule has 1 atom stereocenters. The van der Waals surface area contributed by atoms with Gasteiger partial charge in [-0.15, -0.1) is 0 Å². The first-order chi connectivity index (χ1) is 17.0. The quantitative estimate of drug-likeness (QED) is 0.481. The Morgan fingerprint density at radius 3 is 2.26 bits per heavy atom. The number of carboxylic acid groups (broad SMARTS) is 1. The molecule has 0 spiro atoms. The largest absolute Gasteiger partial charge is 0.480 e. The van der Waals surface area contributed by atoms with Gasteiger partial charge < -0.3 is 24.8 Å². The number of fused-ring (bicyclic) bond motifs is 3. The number of aliphatic carboxylic acids is 1. The Morgan fingerprint density at radius 2 is 1.69 bits per heavy atom. The Kier molecular flexibility index (Phi) is 8.02. The van der Waals surface area contributed by atoms with Gasteiger partial charge in [-0.25, -0.2) is 4.79 Å². The van der Waals surface area contributed by atoms with Gasteiger partial charge in [0.05, 0.1) is 12.5 Å². The molecular weight excluding hydrogens is 448 g/mol. The molecule has 0 heterocycles. The molecule has 8 nitrogen and oxygen atoms in total. The number of benzene rings is 2. The summed E-state index contributed by atoms with van der Waals surface area (Å²) in [7, 11) is 0. The molecule has 2 aliphatic rings. The molecule has 2 N–H and O–H groups in total. The minimum absolute atomic E-state index is 0.00248. The van der Waals surface area contributed by atoms with Crippen molar-refractivity contribution in [2.24, 2.45) is 5.92 Å². The first-order valence-corrected chi connectivity index (χ1v) is 12.2. The van der Waals surface area contributed by atoms with Crippen molar-refractivity contribution < 1.29 is 29.0 Å². The van der Waals surface area contributed by atoms with Crippen LogP contribution in [0.2, 0.25) is 0 Å². The number of amides is 2. The van der Waals surface area contributed by atoms with Crippen molar-refractivity contribution in [2.75, 3.05) is 32.8 Å². The average Bonchev–Trinajstić information content (AvgIpc) is 3.61. The molecule has 0 aliphatic heterocycles. The number of carboxylic acids is 1. The molecule has 1 saturated carbocycles. The normalized spacial score (nSPS) is 15.1. The van der Waals surface area contributed by atoms with Crippen LogP contribution in [0.15, 0.2) is 48.5 Å². The molecule has 8 heteroatoms. The van der Waals surface area contributed by atoms with E-state index in [2.05, 4.69) is 29.6 Å². The van der Waals surface area contributed by atoms with E-state index in [1.165, 1.54) is 4.90 Å². The second-order valence-corrected chi connectivity index (χ2v) is 9.10. The first-order valence-electron chi connectivity index (χ1n) is 12.2. The van der Waals surface area contributed by atoms with Gasteiger partial charge in [0, 0.05) is 25.6 Å². The van der Waals surface area contributed by atoms with E-state index in [0.29, 0.717) is 19.1 Å². The number of ether oxygens (including phenoxy) is 2. The molecule has 0 radical (unpaired) electrons. The van der Waals surface area contributed by atoms with Gasteiger partial charge in [0.2, 0.25) is 5.91 Å². The molecule has 0 bridgehead atoms. The van der Waals surface area contributed by atoms with Crippen LogP contribution in [-0.2, 0) is 19.1 Å². The Hall–Kier alpha value is -3.39. The molecule has 0 saturated heterocycles. The lowest BCUT2D eigenvalue weighted by Gasteiger charge is -2.24. The SMILES string of the molecule is CCOC(CNC(=O)OCC1c2ccccc2-c2ccccc21)CC(=O)N(CC(=O)O)CC1CC1. The van der Waals surface area contributed by atoms with Gasteiger partial charge >= 0.3 is 12.1 Å². The Balaban J connectivity index is 1.30. The molecule has 2 amide bonds. The van der Waals surface area contributed by atoms with E-state index in [1.807, 2.05) is 31.2 Å². The minimum Gasteiger partial charge on any atom is -0.480 e. The van der Waals surface area contributed by atoms with Crippen LogP contribution in [0.4, 0.5) is 4.79 Å². The van der Waals surface area contributed by atoms with Crippen LogP contribution in [0.25, 0.3) is 11.1 Å². The maximum atomic E-state index is 12.7. The zero-order chi connectivity index (χ0) is 24.8. The fraction of sp³-hybridized carbons (Fsp3) is 0.444. The van der Waals surface area contributed by atoms with Gasteiger partial charge in [-0.2, -0.15) is 0 Å². The smallest absolute Gasteiger partial charge is 0.407 e. The van der Waals surface area contributed by atoms with Crippen LogP contribution in [0.1, 0.15) is 43.2 Å². The fourth-order valence-electron chi connectivity index (χ4n) is 4.63. The Labute approximate surface area is 205 Å².